The topological polar surface area (TPSA) is 44.8 Å². The fourth-order valence-electron chi connectivity index (χ4n) is 3.42. The summed E-state index contributed by atoms with van der Waals surface area (Å²) in [4.78, 5) is 17.4. The van der Waals surface area contributed by atoms with Crippen LogP contribution in [0.4, 0.5) is 11.4 Å². The van der Waals surface area contributed by atoms with Gasteiger partial charge in [0.25, 0.3) is 5.91 Å². The maximum atomic E-state index is 12.7. The van der Waals surface area contributed by atoms with E-state index in [0.717, 1.165) is 55.3 Å². The molecule has 0 radical (unpaired) electrons. The molecule has 0 aromatic heterocycles. The monoisotopic (exact) mass is 337 g/mol. The highest BCUT2D eigenvalue weighted by Gasteiger charge is 2.19. The number of amides is 1. The third-order valence-electron chi connectivity index (χ3n) is 4.95. The fourth-order valence-corrected chi connectivity index (χ4v) is 3.42. The number of rotatable bonds is 3. The second-order valence-corrected chi connectivity index (χ2v) is 6.68. The number of hydrogen-bond acceptors (Lipinski definition) is 4. The van der Waals surface area contributed by atoms with Gasteiger partial charge < -0.3 is 19.9 Å². The highest BCUT2D eigenvalue weighted by Crippen LogP contribution is 2.29. The Labute approximate surface area is 148 Å². The molecule has 130 valence electrons. The molecule has 1 fully saturated rings. The molecule has 4 rings (SSSR count). The number of likely N-dealkylation sites (N-methyl/N-ethyl adjacent to an activating group) is 1. The van der Waals surface area contributed by atoms with Crippen molar-refractivity contribution in [2.75, 3.05) is 50.1 Å². The minimum atomic E-state index is -0.0729. The van der Waals surface area contributed by atoms with Crippen LogP contribution in [0.15, 0.2) is 42.5 Å². The summed E-state index contributed by atoms with van der Waals surface area (Å²) in [6.45, 7) is 4.71. The molecule has 25 heavy (non-hydrogen) atoms. The van der Waals surface area contributed by atoms with Crippen molar-refractivity contribution in [3.8, 4) is 5.75 Å². The predicted octanol–water partition coefficient (Wildman–Crippen LogP) is 2.63. The van der Waals surface area contributed by atoms with Crippen molar-refractivity contribution >= 4 is 17.3 Å². The lowest BCUT2D eigenvalue weighted by molar-refractivity contribution is 0.102. The van der Waals surface area contributed by atoms with Crippen molar-refractivity contribution < 1.29 is 9.53 Å². The number of hydrogen-bond donors (Lipinski definition) is 1. The first-order valence-electron chi connectivity index (χ1n) is 8.80. The van der Waals surface area contributed by atoms with E-state index in [-0.39, 0.29) is 5.91 Å². The molecule has 0 atom stereocenters. The molecular weight excluding hydrogens is 314 g/mol. The van der Waals surface area contributed by atoms with Crippen molar-refractivity contribution in [1.29, 1.82) is 0 Å². The molecule has 5 nitrogen and oxygen atoms in total. The van der Waals surface area contributed by atoms with E-state index in [4.69, 9.17) is 4.74 Å². The van der Waals surface area contributed by atoms with Gasteiger partial charge in [0.1, 0.15) is 5.75 Å². The van der Waals surface area contributed by atoms with Gasteiger partial charge in [-0.05, 0) is 42.9 Å². The Balaban J connectivity index is 1.53. The highest BCUT2D eigenvalue weighted by atomic mass is 16.5. The average Bonchev–Trinajstić information content (AvgIpc) is 3.11. The fraction of sp³-hybridized carbons (Fsp3) is 0.350. The number of anilines is 2. The summed E-state index contributed by atoms with van der Waals surface area (Å²) >= 11 is 0. The molecule has 2 heterocycles. The van der Waals surface area contributed by atoms with Crippen LogP contribution in [0, 0.1) is 0 Å². The number of nitrogens with one attached hydrogen (secondary N) is 1. The van der Waals surface area contributed by atoms with Gasteiger partial charge in [-0.2, -0.15) is 0 Å². The van der Waals surface area contributed by atoms with Gasteiger partial charge in [0, 0.05) is 38.2 Å². The van der Waals surface area contributed by atoms with Crippen molar-refractivity contribution in [2.24, 2.45) is 0 Å². The molecule has 1 amide bonds. The Hall–Kier alpha value is -2.53. The Morgan fingerprint density at radius 3 is 2.72 bits per heavy atom. The minimum absolute atomic E-state index is 0.0729. The lowest BCUT2D eigenvalue weighted by atomic mass is 10.1. The van der Waals surface area contributed by atoms with Crippen LogP contribution in [0.1, 0.15) is 15.9 Å². The van der Waals surface area contributed by atoms with E-state index < -0.39 is 0 Å². The van der Waals surface area contributed by atoms with Gasteiger partial charge in [-0.15, -0.1) is 0 Å². The molecular formula is C20H23N3O2. The highest BCUT2D eigenvalue weighted by molar-refractivity contribution is 6.06. The van der Waals surface area contributed by atoms with Crippen LogP contribution in [0.2, 0.25) is 0 Å². The Bertz CT molecular complexity index is 782. The molecule has 1 N–H and O–H groups in total. The lowest BCUT2D eigenvalue weighted by Crippen LogP contribution is -2.44. The SMILES string of the molecule is CN1CCN(c2ccccc2NC(=O)c2ccc3c(c2)CCO3)CC1. The maximum Gasteiger partial charge on any atom is 0.255 e. The smallest absolute Gasteiger partial charge is 0.255 e. The van der Waals surface area contributed by atoms with Crippen molar-refractivity contribution in [3.63, 3.8) is 0 Å². The summed E-state index contributed by atoms with van der Waals surface area (Å²) < 4.78 is 5.52. The summed E-state index contributed by atoms with van der Waals surface area (Å²) in [5, 5.41) is 3.09. The summed E-state index contributed by atoms with van der Waals surface area (Å²) in [6.07, 6.45) is 0.869. The zero-order valence-electron chi connectivity index (χ0n) is 14.5. The summed E-state index contributed by atoms with van der Waals surface area (Å²) in [5.41, 5.74) is 3.75. The number of carbonyl (C=O) groups excluding carboxylic acids is 1. The normalized spacial score (nSPS) is 17.1. The molecule has 0 bridgehead atoms. The van der Waals surface area contributed by atoms with Gasteiger partial charge in [0.05, 0.1) is 18.0 Å². The summed E-state index contributed by atoms with van der Waals surface area (Å²) in [7, 11) is 2.14. The van der Waals surface area contributed by atoms with Gasteiger partial charge in [-0.25, -0.2) is 0 Å². The lowest BCUT2D eigenvalue weighted by Gasteiger charge is -2.35. The number of carbonyl (C=O) groups is 1. The van der Waals surface area contributed by atoms with E-state index in [0.29, 0.717) is 12.2 Å². The average molecular weight is 337 g/mol. The van der Waals surface area contributed by atoms with E-state index in [1.54, 1.807) is 0 Å². The molecule has 2 aromatic carbocycles. The Morgan fingerprint density at radius 2 is 1.88 bits per heavy atom. The number of nitrogens with zero attached hydrogens (tertiary/aromatic N) is 2. The molecule has 0 unspecified atom stereocenters. The molecule has 1 saturated heterocycles. The first-order valence-corrected chi connectivity index (χ1v) is 8.80. The van der Waals surface area contributed by atoms with Crippen LogP contribution in [-0.2, 0) is 6.42 Å². The number of ether oxygens (including phenoxy) is 1. The van der Waals surface area contributed by atoms with E-state index in [1.165, 1.54) is 0 Å². The van der Waals surface area contributed by atoms with Crippen LogP contribution < -0.4 is 15.0 Å². The van der Waals surface area contributed by atoms with Crippen LogP contribution >= 0.6 is 0 Å². The molecule has 2 aromatic rings. The molecule has 5 heteroatoms. The van der Waals surface area contributed by atoms with Crippen molar-refractivity contribution in [1.82, 2.24) is 4.90 Å². The largest absolute Gasteiger partial charge is 0.493 e. The van der Waals surface area contributed by atoms with Gasteiger partial charge in [0.2, 0.25) is 0 Å². The maximum absolute atomic E-state index is 12.7. The quantitative estimate of drug-likeness (QED) is 0.935. The van der Waals surface area contributed by atoms with Crippen molar-refractivity contribution in [3.05, 3.63) is 53.6 Å². The molecule has 2 aliphatic rings. The van der Waals surface area contributed by atoms with Crippen molar-refractivity contribution in [2.45, 2.75) is 6.42 Å². The first-order chi connectivity index (χ1) is 12.2. The number of piperazine rings is 1. The second-order valence-electron chi connectivity index (χ2n) is 6.68. The van der Waals surface area contributed by atoms with E-state index in [9.17, 15) is 4.79 Å². The number of fused-ring (bicyclic) bond motifs is 1. The van der Waals surface area contributed by atoms with E-state index >= 15 is 0 Å². The first kappa shape index (κ1) is 16.0. The molecule has 0 spiro atoms. The van der Waals surface area contributed by atoms with Gasteiger partial charge >= 0.3 is 0 Å². The van der Waals surface area contributed by atoms with Crippen LogP contribution in [0.25, 0.3) is 0 Å². The third-order valence-corrected chi connectivity index (χ3v) is 4.95. The summed E-state index contributed by atoms with van der Waals surface area (Å²) in [5.74, 6) is 0.825. The Kier molecular flexibility index (Phi) is 4.32. The van der Waals surface area contributed by atoms with Crippen LogP contribution in [-0.4, -0.2) is 50.6 Å². The summed E-state index contributed by atoms with van der Waals surface area (Å²) in [6, 6.07) is 13.7. The zero-order valence-corrected chi connectivity index (χ0v) is 14.5. The third kappa shape index (κ3) is 3.33. The van der Waals surface area contributed by atoms with Gasteiger partial charge in [-0.1, -0.05) is 12.1 Å². The standard InChI is InChI=1S/C20H23N3O2/c1-22-9-11-23(12-10-22)18-5-3-2-4-17(18)21-20(24)16-6-7-19-15(14-16)8-13-25-19/h2-7,14H,8-13H2,1H3,(H,21,24). The molecule has 0 aliphatic carbocycles. The predicted molar refractivity (Wildman–Crippen MR) is 99.7 cm³/mol. The second kappa shape index (κ2) is 6.76. The van der Waals surface area contributed by atoms with Crippen LogP contribution in [0.5, 0.6) is 5.75 Å². The number of benzene rings is 2. The zero-order chi connectivity index (χ0) is 17.2. The molecule has 2 aliphatic heterocycles. The van der Waals surface area contributed by atoms with Crippen LogP contribution in [0.3, 0.4) is 0 Å². The van der Waals surface area contributed by atoms with E-state index in [1.807, 2.05) is 36.4 Å². The minimum Gasteiger partial charge on any atom is -0.493 e. The van der Waals surface area contributed by atoms with Gasteiger partial charge in [0.15, 0.2) is 0 Å². The molecule has 0 saturated carbocycles. The Morgan fingerprint density at radius 1 is 1.08 bits per heavy atom. The number of para-hydroxylation sites is 2. The van der Waals surface area contributed by atoms with Gasteiger partial charge in [-0.3, -0.25) is 4.79 Å². The van der Waals surface area contributed by atoms with E-state index in [2.05, 4.69) is 28.2 Å².